The van der Waals surface area contributed by atoms with Gasteiger partial charge in [-0.25, -0.2) is 4.39 Å². The van der Waals surface area contributed by atoms with E-state index in [1.165, 1.54) is 6.07 Å². The zero-order valence-corrected chi connectivity index (χ0v) is 12.8. The summed E-state index contributed by atoms with van der Waals surface area (Å²) in [6.45, 7) is 0.457. The summed E-state index contributed by atoms with van der Waals surface area (Å²) in [4.78, 5) is 1.80. The molecule has 0 N–H and O–H groups in total. The Bertz CT molecular complexity index is 710. The number of ether oxygens (including phenoxy) is 2. The van der Waals surface area contributed by atoms with E-state index in [2.05, 4.69) is 0 Å². The minimum Gasteiger partial charge on any atom is -0.493 e. The van der Waals surface area contributed by atoms with Crippen molar-refractivity contribution in [3.05, 3.63) is 53.3 Å². The lowest BCUT2D eigenvalue weighted by Crippen LogP contribution is -2.18. The van der Waals surface area contributed by atoms with Crippen molar-refractivity contribution in [2.75, 3.05) is 26.2 Å². The molecule has 2 aromatic rings. The van der Waals surface area contributed by atoms with Crippen LogP contribution in [-0.2, 0) is 6.54 Å². The Morgan fingerprint density at radius 3 is 2.50 bits per heavy atom. The van der Waals surface area contributed by atoms with Crippen LogP contribution in [0.15, 0.2) is 36.4 Å². The second kappa shape index (κ2) is 6.81. The highest BCUT2D eigenvalue weighted by molar-refractivity contribution is 5.60. The predicted octanol–water partition coefficient (Wildman–Crippen LogP) is 3.35. The summed E-state index contributed by atoms with van der Waals surface area (Å²) in [5.41, 5.74) is 1.46. The Morgan fingerprint density at radius 2 is 1.86 bits per heavy atom. The van der Waals surface area contributed by atoms with Gasteiger partial charge in [0.1, 0.15) is 17.4 Å². The van der Waals surface area contributed by atoms with Crippen LogP contribution < -0.4 is 14.4 Å². The maximum atomic E-state index is 13.7. The smallest absolute Gasteiger partial charge is 0.165 e. The van der Waals surface area contributed by atoms with E-state index in [0.717, 1.165) is 5.56 Å². The van der Waals surface area contributed by atoms with E-state index in [1.807, 2.05) is 24.3 Å². The molecule has 0 aliphatic heterocycles. The summed E-state index contributed by atoms with van der Waals surface area (Å²) in [7, 11) is 4.95. The monoisotopic (exact) mass is 300 g/mol. The lowest BCUT2D eigenvalue weighted by Gasteiger charge is -2.22. The van der Waals surface area contributed by atoms with Crippen LogP contribution in [0.4, 0.5) is 10.1 Å². The van der Waals surface area contributed by atoms with Crippen molar-refractivity contribution in [2.45, 2.75) is 6.54 Å². The molecule has 114 valence electrons. The number of para-hydroxylation sites is 1. The van der Waals surface area contributed by atoms with Gasteiger partial charge in [-0.2, -0.15) is 5.26 Å². The number of nitriles is 1. The predicted molar refractivity (Wildman–Crippen MR) is 82.8 cm³/mol. The molecule has 0 saturated heterocycles. The highest BCUT2D eigenvalue weighted by atomic mass is 19.1. The average Bonchev–Trinajstić information content (AvgIpc) is 2.54. The molecule has 0 spiro atoms. The third-order valence-corrected chi connectivity index (χ3v) is 3.41. The van der Waals surface area contributed by atoms with E-state index < -0.39 is 5.82 Å². The molecule has 0 amide bonds. The zero-order chi connectivity index (χ0) is 16.1. The number of benzene rings is 2. The standard InChI is InChI=1S/C17H17FN2O2/c1-20(15-8-5-7-14(18)13(15)10-19)11-12-6-4-9-16(21-2)17(12)22-3/h4-9H,11H2,1-3H3. The van der Waals surface area contributed by atoms with Crippen molar-refractivity contribution in [1.82, 2.24) is 0 Å². The molecule has 0 heterocycles. The summed E-state index contributed by atoms with van der Waals surface area (Å²) in [5.74, 6) is 0.740. The summed E-state index contributed by atoms with van der Waals surface area (Å²) >= 11 is 0. The van der Waals surface area contributed by atoms with Crippen molar-refractivity contribution in [3.63, 3.8) is 0 Å². The van der Waals surface area contributed by atoms with Crippen molar-refractivity contribution in [3.8, 4) is 17.6 Å². The van der Waals surface area contributed by atoms with Gasteiger partial charge in [0.05, 0.1) is 19.9 Å². The molecule has 22 heavy (non-hydrogen) atoms. The number of hydrogen-bond acceptors (Lipinski definition) is 4. The molecule has 5 heteroatoms. The molecule has 0 bridgehead atoms. The fourth-order valence-electron chi connectivity index (χ4n) is 2.36. The molecule has 0 atom stereocenters. The van der Waals surface area contributed by atoms with Crippen LogP contribution in [0.1, 0.15) is 11.1 Å². The first-order valence-corrected chi connectivity index (χ1v) is 6.72. The normalized spacial score (nSPS) is 9.95. The number of anilines is 1. The van der Waals surface area contributed by atoms with Gasteiger partial charge in [-0.3, -0.25) is 0 Å². The Hall–Kier alpha value is -2.74. The lowest BCUT2D eigenvalue weighted by molar-refractivity contribution is 0.351. The highest BCUT2D eigenvalue weighted by Gasteiger charge is 2.15. The first-order valence-electron chi connectivity index (χ1n) is 6.72. The van der Waals surface area contributed by atoms with Crippen LogP contribution in [0.3, 0.4) is 0 Å². The third-order valence-electron chi connectivity index (χ3n) is 3.41. The number of nitrogens with zero attached hydrogens (tertiary/aromatic N) is 2. The SMILES string of the molecule is COc1cccc(CN(C)c2cccc(F)c2C#N)c1OC. The molecular weight excluding hydrogens is 283 g/mol. The molecule has 0 aromatic heterocycles. The Kier molecular flexibility index (Phi) is 4.84. The molecular formula is C17H17FN2O2. The molecule has 0 radical (unpaired) electrons. The highest BCUT2D eigenvalue weighted by Crippen LogP contribution is 2.32. The van der Waals surface area contributed by atoms with Crippen LogP contribution >= 0.6 is 0 Å². The van der Waals surface area contributed by atoms with Gasteiger partial charge in [-0.05, 0) is 18.2 Å². The van der Waals surface area contributed by atoms with Crippen molar-refractivity contribution in [1.29, 1.82) is 5.26 Å². The van der Waals surface area contributed by atoms with Crippen LogP contribution in [0.5, 0.6) is 11.5 Å². The van der Waals surface area contributed by atoms with Crippen LogP contribution in [0.25, 0.3) is 0 Å². The van der Waals surface area contributed by atoms with E-state index in [-0.39, 0.29) is 5.56 Å². The van der Waals surface area contributed by atoms with E-state index in [9.17, 15) is 4.39 Å². The third kappa shape index (κ3) is 2.96. The van der Waals surface area contributed by atoms with Crippen molar-refractivity contribution < 1.29 is 13.9 Å². The maximum absolute atomic E-state index is 13.7. The molecule has 0 aliphatic rings. The first kappa shape index (κ1) is 15.6. The van der Waals surface area contributed by atoms with E-state index in [0.29, 0.717) is 23.7 Å². The molecule has 2 rings (SSSR count). The van der Waals surface area contributed by atoms with Gasteiger partial charge in [0.25, 0.3) is 0 Å². The summed E-state index contributed by atoms with van der Waals surface area (Å²) in [6, 6.07) is 12.1. The number of hydrogen-bond donors (Lipinski definition) is 0. The molecule has 2 aromatic carbocycles. The molecule has 0 fully saturated rings. The molecule has 4 nitrogen and oxygen atoms in total. The molecule has 0 saturated carbocycles. The topological polar surface area (TPSA) is 45.5 Å². The average molecular weight is 300 g/mol. The van der Waals surface area contributed by atoms with Gasteiger partial charge in [-0.1, -0.05) is 18.2 Å². The fraction of sp³-hybridized carbons (Fsp3) is 0.235. The number of methoxy groups -OCH3 is 2. The first-order chi connectivity index (χ1) is 10.6. The van der Waals surface area contributed by atoms with E-state index in [1.54, 1.807) is 38.3 Å². The second-order valence-electron chi connectivity index (χ2n) is 4.75. The lowest BCUT2D eigenvalue weighted by atomic mass is 10.1. The van der Waals surface area contributed by atoms with Crippen LogP contribution in [0, 0.1) is 17.1 Å². The summed E-state index contributed by atoms with van der Waals surface area (Å²) in [6.07, 6.45) is 0. The minimum atomic E-state index is -0.524. The van der Waals surface area contributed by atoms with E-state index >= 15 is 0 Å². The molecule has 0 unspecified atom stereocenters. The van der Waals surface area contributed by atoms with Crippen molar-refractivity contribution in [2.24, 2.45) is 0 Å². The van der Waals surface area contributed by atoms with Crippen molar-refractivity contribution >= 4 is 5.69 Å². The Balaban J connectivity index is 2.36. The number of halogens is 1. The van der Waals surface area contributed by atoms with Gasteiger partial charge in [0.15, 0.2) is 11.5 Å². The maximum Gasteiger partial charge on any atom is 0.165 e. The quantitative estimate of drug-likeness (QED) is 0.849. The van der Waals surface area contributed by atoms with Gasteiger partial charge in [0, 0.05) is 19.2 Å². The Morgan fingerprint density at radius 1 is 1.14 bits per heavy atom. The van der Waals surface area contributed by atoms with E-state index in [4.69, 9.17) is 14.7 Å². The Labute approximate surface area is 129 Å². The largest absolute Gasteiger partial charge is 0.493 e. The van der Waals surface area contributed by atoms with Gasteiger partial charge in [0.2, 0.25) is 0 Å². The zero-order valence-electron chi connectivity index (χ0n) is 12.8. The minimum absolute atomic E-state index is 0.0341. The summed E-state index contributed by atoms with van der Waals surface area (Å²) in [5, 5.41) is 9.14. The van der Waals surface area contributed by atoms with Gasteiger partial charge < -0.3 is 14.4 Å². The second-order valence-corrected chi connectivity index (χ2v) is 4.75. The van der Waals surface area contributed by atoms with Crippen LogP contribution in [-0.4, -0.2) is 21.3 Å². The molecule has 0 aliphatic carbocycles. The number of rotatable bonds is 5. The summed E-state index contributed by atoms with van der Waals surface area (Å²) < 4.78 is 24.4. The van der Waals surface area contributed by atoms with Gasteiger partial charge in [-0.15, -0.1) is 0 Å². The van der Waals surface area contributed by atoms with Gasteiger partial charge >= 0.3 is 0 Å². The fourth-order valence-corrected chi connectivity index (χ4v) is 2.36. The van der Waals surface area contributed by atoms with Crippen LogP contribution in [0.2, 0.25) is 0 Å².